The number of benzene rings is 1. The number of carbonyl (C=O) groups is 1. The topological polar surface area (TPSA) is 85.7 Å². The number of rotatable bonds is 7. The van der Waals surface area contributed by atoms with E-state index in [4.69, 9.17) is 5.26 Å². The number of aromatic amines is 1. The van der Waals surface area contributed by atoms with Crippen LogP contribution >= 0.6 is 23.1 Å². The van der Waals surface area contributed by atoms with E-state index in [2.05, 4.69) is 15.2 Å². The van der Waals surface area contributed by atoms with Gasteiger partial charge in [-0.25, -0.2) is 9.37 Å². The fourth-order valence-electron chi connectivity index (χ4n) is 2.25. The van der Waals surface area contributed by atoms with E-state index in [0.29, 0.717) is 11.0 Å². The Morgan fingerprint density at radius 1 is 1.35 bits per heavy atom. The van der Waals surface area contributed by atoms with Gasteiger partial charge in [-0.15, -0.1) is 16.4 Å². The maximum absolute atomic E-state index is 14.0. The molecule has 0 bridgehead atoms. The van der Waals surface area contributed by atoms with Crippen molar-refractivity contribution >= 4 is 34.7 Å². The zero-order valence-electron chi connectivity index (χ0n) is 13.6. The second-order valence-corrected chi connectivity index (χ2v) is 7.03. The van der Waals surface area contributed by atoms with Gasteiger partial charge in [-0.05, 0) is 23.6 Å². The Morgan fingerprint density at radius 3 is 2.92 bits per heavy atom. The maximum atomic E-state index is 14.0. The van der Waals surface area contributed by atoms with Gasteiger partial charge in [0.05, 0.1) is 28.8 Å². The van der Waals surface area contributed by atoms with Gasteiger partial charge in [-0.2, -0.15) is 5.26 Å². The lowest BCUT2D eigenvalue weighted by Crippen LogP contribution is -2.34. The minimum absolute atomic E-state index is 0.0432. The number of hydrogen-bond donors (Lipinski definition) is 1. The Bertz CT molecular complexity index is 919. The lowest BCUT2D eigenvalue weighted by Gasteiger charge is -2.21. The quantitative estimate of drug-likeness (QED) is 0.625. The molecule has 1 amide bonds. The summed E-state index contributed by atoms with van der Waals surface area (Å²) in [5.74, 6) is -0.119. The number of aromatic nitrogens is 3. The van der Waals surface area contributed by atoms with E-state index < -0.39 is 5.82 Å². The Labute approximate surface area is 157 Å². The van der Waals surface area contributed by atoms with Crippen molar-refractivity contribution in [3.63, 3.8) is 0 Å². The van der Waals surface area contributed by atoms with Crippen LogP contribution in [0.3, 0.4) is 0 Å². The van der Waals surface area contributed by atoms with E-state index >= 15 is 0 Å². The van der Waals surface area contributed by atoms with Crippen LogP contribution in [0.4, 0.5) is 10.1 Å². The molecule has 0 aliphatic heterocycles. The largest absolute Gasteiger partial charge is 0.308 e. The van der Waals surface area contributed by atoms with Gasteiger partial charge in [0.1, 0.15) is 5.82 Å². The van der Waals surface area contributed by atoms with Gasteiger partial charge >= 0.3 is 0 Å². The van der Waals surface area contributed by atoms with E-state index in [1.807, 2.05) is 23.6 Å². The summed E-state index contributed by atoms with van der Waals surface area (Å²) in [6.07, 6.45) is 0.119. The molecule has 2 heterocycles. The maximum Gasteiger partial charge on any atom is 0.237 e. The minimum atomic E-state index is -0.498. The van der Waals surface area contributed by atoms with E-state index in [0.717, 1.165) is 16.6 Å². The Morgan fingerprint density at radius 2 is 2.19 bits per heavy atom. The molecule has 0 spiro atoms. The molecule has 1 N–H and O–H groups in total. The number of amides is 1. The summed E-state index contributed by atoms with van der Waals surface area (Å²) in [5.41, 5.74) is 0.169. The molecule has 0 atom stereocenters. The number of hydrogen-bond acceptors (Lipinski definition) is 6. The molecule has 9 heteroatoms. The van der Waals surface area contributed by atoms with Gasteiger partial charge in [-0.3, -0.25) is 9.89 Å². The summed E-state index contributed by atoms with van der Waals surface area (Å²) in [7, 11) is 0. The number of nitrogens with zero attached hydrogens (tertiary/aromatic N) is 4. The number of halogens is 1. The van der Waals surface area contributed by atoms with Crippen molar-refractivity contribution in [3.05, 3.63) is 47.6 Å². The fraction of sp³-hybridized carbons (Fsp3) is 0.176. The molecule has 26 heavy (non-hydrogen) atoms. The van der Waals surface area contributed by atoms with Crippen LogP contribution in [0.25, 0.3) is 10.7 Å². The van der Waals surface area contributed by atoms with Crippen molar-refractivity contribution in [1.29, 1.82) is 5.26 Å². The van der Waals surface area contributed by atoms with Gasteiger partial charge in [0, 0.05) is 6.54 Å². The van der Waals surface area contributed by atoms with Crippen molar-refractivity contribution in [2.75, 3.05) is 17.2 Å². The van der Waals surface area contributed by atoms with Crippen LogP contribution in [0.5, 0.6) is 0 Å². The molecule has 0 aliphatic carbocycles. The zero-order valence-corrected chi connectivity index (χ0v) is 15.2. The summed E-state index contributed by atoms with van der Waals surface area (Å²) < 4.78 is 14.0. The number of thioether (sulfide) groups is 1. The number of nitriles is 1. The van der Waals surface area contributed by atoms with Crippen LogP contribution in [0, 0.1) is 17.1 Å². The summed E-state index contributed by atoms with van der Waals surface area (Å²) >= 11 is 2.70. The van der Waals surface area contributed by atoms with E-state index in [-0.39, 0.29) is 30.3 Å². The van der Waals surface area contributed by atoms with Crippen LogP contribution in [0.15, 0.2) is 46.9 Å². The Hall–Kier alpha value is -2.70. The van der Waals surface area contributed by atoms with Crippen molar-refractivity contribution in [2.24, 2.45) is 0 Å². The monoisotopic (exact) mass is 387 g/mol. The van der Waals surface area contributed by atoms with Gasteiger partial charge in [0.25, 0.3) is 0 Å². The number of carbonyl (C=O) groups excluding carboxylic acids is 1. The predicted molar refractivity (Wildman–Crippen MR) is 99.4 cm³/mol. The van der Waals surface area contributed by atoms with Crippen LogP contribution in [-0.4, -0.2) is 33.4 Å². The first-order chi connectivity index (χ1) is 12.7. The molecule has 2 aromatic heterocycles. The van der Waals surface area contributed by atoms with E-state index in [9.17, 15) is 9.18 Å². The third kappa shape index (κ3) is 4.28. The molecule has 0 saturated heterocycles. The fourth-order valence-corrected chi connectivity index (χ4v) is 3.59. The van der Waals surface area contributed by atoms with Crippen molar-refractivity contribution in [1.82, 2.24) is 15.2 Å². The second-order valence-electron chi connectivity index (χ2n) is 5.14. The van der Waals surface area contributed by atoms with Gasteiger partial charge in [0.2, 0.25) is 11.1 Å². The molecular formula is C17H14FN5OS2. The number of thiophene rings is 1. The van der Waals surface area contributed by atoms with E-state index in [1.54, 1.807) is 12.1 Å². The minimum Gasteiger partial charge on any atom is -0.308 e. The first kappa shape index (κ1) is 18.1. The Kier molecular flexibility index (Phi) is 5.99. The summed E-state index contributed by atoms with van der Waals surface area (Å²) in [4.78, 5) is 19.2. The second kappa shape index (κ2) is 8.60. The van der Waals surface area contributed by atoms with Gasteiger partial charge in [0.15, 0.2) is 5.82 Å². The summed E-state index contributed by atoms with van der Waals surface area (Å²) in [6.45, 7) is 0.130. The summed E-state index contributed by atoms with van der Waals surface area (Å²) in [6, 6.07) is 11.8. The molecule has 0 fully saturated rings. The molecule has 0 radical (unpaired) electrons. The normalized spacial score (nSPS) is 10.5. The number of H-pyrrole nitrogens is 1. The molecule has 3 aromatic rings. The molecule has 0 saturated carbocycles. The van der Waals surface area contributed by atoms with Crippen LogP contribution in [0.2, 0.25) is 0 Å². The van der Waals surface area contributed by atoms with Crippen molar-refractivity contribution < 1.29 is 9.18 Å². The van der Waals surface area contributed by atoms with Crippen LogP contribution in [0.1, 0.15) is 6.42 Å². The molecule has 0 aliphatic rings. The highest BCUT2D eigenvalue weighted by atomic mass is 32.2. The lowest BCUT2D eigenvalue weighted by atomic mass is 10.2. The standard InChI is InChI=1S/C17H14FN5OS2/c18-12-5-1-2-6-13(12)23(9-4-8-19)15(24)11-26-17-20-16(21-22-17)14-7-3-10-25-14/h1-3,5-7,10H,4,9,11H2,(H,20,21,22). The molecule has 0 unspecified atom stereocenters. The highest BCUT2D eigenvalue weighted by molar-refractivity contribution is 7.99. The average molecular weight is 387 g/mol. The lowest BCUT2D eigenvalue weighted by molar-refractivity contribution is -0.116. The highest BCUT2D eigenvalue weighted by Gasteiger charge is 2.19. The van der Waals surface area contributed by atoms with Crippen molar-refractivity contribution in [2.45, 2.75) is 11.6 Å². The van der Waals surface area contributed by atoms with Gasteiger partial charge in [-0.1, -0.05) is 30.0 Å². The van der Waals surface area contributed by atoms with Gasteiger partial charge < -0.3 is 4.90 Å². The van der Waals surface area contributed by atoms with Crippen molar-refractivity contribution in [3.8, 4) is 16.8 Å². The smallest absolute Gasteiger partial charge is 0.237 e. The molecule has 1 aromatic carbocycles. The first-order valence-electron chi connectivity index (χ1n) is 7.70. The van der Waals surface area contributed by atoms with Crippen LogP contribution in [-0.2, 0) is 4.79 Å². The highest BCUT2D eigenvalue weighted by Crippen LogP contribution is 2.24. The predicted octanol–water partition coefficient (Wildman–Crippen LogP) is 3.71. The first-order valence-corrected chi connectivity index (χ1v) is 9.56. The summed E-state index contributed by atoms with van der Waals surface area (Å²) in [5, 5.41) is 18.1. The average Bonchev–Trinajstić information content (AvgIpc) is 3.33. The number of nitrogens with one attached hydrogen (secondary N) is 1. The molecule has 6 nitrogen and oxygen atoms in total. The SMILES string of the molecule is N#CCCN(C(=O)CSc1n[nH]c(-c2cccs2)n1)c1ccccc1F. The third-order valence-corrected chi connectivity index (χ3v) is 5.14. The number of anilines is 1. The molecule has 3 rings (SSSR count). The molecular weight excluding hydrogens is 373 g/mol. The van der Waals surface area contributed by atoms with E-state index in [1.165, 1.54) is 28.4 Å². The number of para-hydroxylation sites is 1. The zero-order chi connectivity index (χ0) is 18.4. The molecule has 132 valence electrons. The van der Waals surface area contributed by atoms with Crippen LogP contribution < -0.4 is 4.90 Å². The Balaban J connectivity index is 1.68. The third-order valence-electron chi connectivity index (χ3n) is 3.44.